The number of hydrogen-bond donors (Lipinski definition) is 4. The number of hydrogen-bond acceptors (Lipinski definition) is 6. The van der Waals surface area contributed by atoms with E-state index in [9.17, 15) is 24.6 Å². The van der Waals surface area contributed by atoms with Crippen molar-refractivity contribution in [2.75, 3.05) is 6.54 Å². The Hall–Kier alpha value is -2.45. The van der Waals surface area contributed by atoms with Gasteiger partial charge in [-0.25, -0.2) is 0 Å². The van der Waals surface area contributed by atoms with Crippen LogP contribution in [0.4, 0.5) is 0 Å². The normalized spacial score (nSPS) is 50.0. The van der Waals surface area contributed by atoms with Crippen LogP contribution in [0.15, 0.2) is 35.6 Å². The van der Waals surface area contributed by atoms with Gasteiger partial charge in [0.05, 0.1) is 18.3 Å². The molecule has 0 aromatic carbocycles. The Kier molecular flexibility index (Phi) is 5.64. The molecule has 11 unspecified atom stereocenters. The van der Waals surface area contributed by atoms with E-state index < -0.39 is 23.8 Å². The number of ether oxygens (including phenoxy) is 1. The minimum atomic E-state index is -1.16. The van der Waals surface area contributed by atoms with Gasteiger partial charge in [0.25, 0.3) is 5.91 Å². The summed E-state index contributed by atoms with van der Waals surface area (Å²) in [6.45, 7) is 2.51. The molecule has 2 saturated heterocycles. The Balaban J connectivity index is 1.30. The zero-order valence-corrected chi connectivity index (χ0v) is 19.9. The summed E-state index contributed by atoms with van der Waals surface area (Å²) in [7, 11) is 0. The van der Waals surface area contributed by atoms with Crippen molar-refractivity contribution in [3.63, 3.8) is 0 Å². The quantitative estimate of drug-likeness (QED) is 0.306. The van der Waals surface area contributed by atoms with Gasteiger partial charge in [0.2, 0.25) is 5.91 Å². The highest BCUT2D eigenvalue weighted by atomic mass is 16.6. The first-order valence-electron chi connectivity index (χ1n) is 13.1. The van der Waals surface area contributed by atoms with Crippen LogP contribution < -0.4 is 10.6 Å². The van der Waals surface area contributed by atoms with Crippen LogP contribution in [-0.4, -0.2) is 58.7 Å². The van der Waals surface area contributed by atoms with E-state index in [1.165, 1.54) is 6.08 Å². The summed E-state index contributed by atoms with van der Waals surface area (Å²) in [5, 5.41) is 26.3. The third kappa shape index (κ3) is 3.76. The van der Waals surface area contributed by atoms with Gasteiger partial charge in [-0.2, -0.15) is 0 Å². The minimum Gasteiger partial charge on any atom is -0.507 e. The molecule has 8 nitrogen and oxygen atoms in total. The molecule has 0 aromatic rings. The lowest BCUT2D eigenvalue weighted by Gasteiger charge is -2.41. The van der Waals surface area contributed by atoms with E-state index in [2.05, 4.69) is 17.6 Å². The zero-order valence-electron chi connectivity index (χ0n) is 19.9. The number of amides is 2. The predicted molar refractivity (Wildman–Crippen MR) is 126 cm³/mol. The maximum Gasteiger partial charge on any atom is 0.259 e. The molecule has 35 heavy (non-hydrogen) atoms. The van der Waals surface area contributed by atoms with E-state index in [1.54, 1.807) is 6.08 Å². The Morgan fingerprint density at radius 2 is 1.83 bits per heavy atom. The van der Waals surface area contributed by atoms with Crippen LogP contribution in [-0.2, 0) is 19.1 Å². The van der Waals surface area contributed by atoms with Gasteiger partial charge in [0, 0.05) is 6.54 Å². The molecule has 0 radical (unpaired) electrons. The number of fused-ring (bicyclic) bond motifs is 9. The number of rotatable bonds is 0. The maximum atomic E-state index is 12.8. The van der Waals surface area contributed by atoms with E-state index in [4.69, 9.17) is 4.74 Å². The first-order chi connectivity index (χ1) is 16.8. The molecule has 188 valence electrons. The molecule has 3 aliphatic carbocycles. The third-order valence-corrected chi connectivity index (χ3v) is 9.73. The van der Waals surface area contributed by atoms with Crippen molar-refractivity contribution in [3.8, 4) is 0 Å². The number of aliphatic hydroxyl groups is 2. The highest BCUT2D eigenvalue weighted by Gasteiger charge is 2.66. The number of carbonyl (C=O) groups is 3. The van der Waals surface area contributed by atoms with Crippen molar-refractivity contribution in [1.29, 1.82) is 0 Å². The molecule has 6 aliphatic rings. The van der Waals surface area contributed by atoms with Crippen LogP contribution in [0.2, 0.25) is 0 Å². The Bertz CT molecular complexity index is 1030. The largest absolute Gasteiger partial charge is 0.507 e. The van der Waals surface area contributed by atoms with Crippen molar-refractivity contribution >= 4 is 17.6 Å². The standard InChI is InChI=1S/C27H34N2O6/c1-12-21-15-7-5-13-6-8-18(30)22-24(33)23(29-27(22)34)19(31)9-10-28-20(32)4-2-3-14(13)16(15)11-17(21)26-25(12)35-26/h2,4,6,8,12-17,19,21,23,25-26,30-31H,3,5,7,9-11H2,1H3,(H,28,32)(H,29,34)/b4-2+,8-6?,22-18-. The van der Waals surface area contributed by atoms with Crippen LogP contribution in [0.3, 0.4) is 0 Å². The molecule has 8 heteroatoms. The number of carbonyl (C=O) groups excluding carboxylic acids is 3. The van der Waals surface area contributed by atoms with E-state index in [1.807, 2.05) is 12.2 Å². The van der Waals surface area contributed by atoms with Crippen molar-refractivity contribution in [2.24, 2.45) is 41.4 Å². The van der Waals surface area contributed by atoms with Crippen LogP contribution in [0.5, 0.6) is 0 Å². The second-order valence-corrected chi connectivity index (χ2v) is 11.4. The van der Waals surface area contributed by atoms with Gasteiger partial charge in [-0.3, -0.25) is 14.4 Å². The molecule has 5 fully saturated rings. The average Bonchev–Trinajstić information content (AvgIpc) is 3.33. The minimum absolute atomic E-state index is 0.111. The van der Waals surface area contributed by atoms with Gasteiger partial charge < -0.3 is 25.6 Å². The molecule has 3 heterocycles. The highest BCUT2D eigenvalue weighted by molar-refractivity contribution is 6.27. The van der Waals surface area contributed by atoms with Gasteiger partial charge in [-0.05, 0) is 85.7 Å². The first-order valence-corrected chi connectivity index (χ1v) is 13.1. The van der Waals surface area contributed by atoms with Crippen molar-refractivity contribution < 1.29 is 29.3 Å². The average molecular weight is 483 g/mol. The van der Waals surface area contributed by atoms with E-state index >= 15 is 0 Å². The fraction of sp³-hybridized carbons (Fsp3) is 0.667. The Morgan fingerprint density at radius 3 is 2.66 bits per heavy atom. The molecule has 2 bridgehead atoms. The molecule has 0 spiro atoms. The topological polar surface area (TPSA) is 128 Å². The molecule has 11 atom stereocenters. The van der Waals surface area contributed by atoms with Gasteiger partial charge in [0.1, 0.15) is 17.4 Å². The first kappa shape index (κ1) is 23.0. The second-order valence-electron chi connectivity index (χ2n) is 11.4. The third-order valence-electron chi connectivity index (χ3n) is 9.73. The van der Waals surface area contributed by atoms with Crippen LogP contribution in [0, 0.1) is 41.4 Å². The molecule has 2 amide bonds. The van der Waals surface area contributed by atoms with Crippen LogP contribution in [0.1, 0.15) is 39.0 Å². The number of allylic oxidation sites excluding steroid dienone is 3. The number of ketones is 1. The highest BCUT2D eigenvalue weighted by Crippen LogP contribution is 2.65. The lowest BCUT2D eigenvalue weighted by atomic mass is 9.64. The maximum absolute atomic E-state index is 12.8. The summed E-state index contributed by atoms with van der Waals surface area (Å²) in [6, 6.07) is -1.12. The van der Waals surface area contributed by atoms with Crippen molar-refractivity contribution in [1.82, 2.24) is 10.6 Å². The summed E-state index contributed by atoms with van der Waals surface area (Å²) in [4.78, 5) is 37.6. The van der Waals surface area contributed by atoms with Gasteiger partial charge >= 0.3 is 0 Å². The number of aliphatic hydroxyl groups excluding tert-OH is 2. The summed E-state index contributed by atoms with van der Waals surface area (Å²) in [5.41, 5.74) is -0.298. The van der Waals surface area contributed by atoms with Crippen LogP contribution in [0.25, 0.3) is 0 Å². The Morgan fingerprint density at radius 1 is 1.00 bits per heavy atom. The van der Waals surface area contributed by atoms with Crippen molar-refractivity contribution in [3.05, 3.63) is 35.6 Å². The summed E-state index contributed by atoms with van der Waals surface area (Å²) in [6.07, 6.45) is 10.8. The van der Waals surface area contributed by atoms with E-state index in [0.717, 1.165) is 25.7 Å². The van der Waals surface area contributed by atoms with Crippen molar-refractivity contribution in [2.45, 2.75) is 63.4 Å². The van der Waals surface area contributed by atoms with Gasteiger partial charge in [0.15, 0.2) is 5.78 Å². The predicted octanol–water partition coefficient (Wildman–Crippen LogP) is 1.56. The molecular formula is C27H34N2O6. The number of Topliss-reactive ketones (excluding diaryl/α,β-unsaturated/α-hetero) is 1. The van der Waals surface area contributed by atoms with E-state index in [0.29, 0.717) is 47.7 Å². The molecule has 6 rings (SSSR count). The monoisotopic (exact) mass is 482 g/mol. The summed E-state index contributed by atoms with van der Waals surface area (Å²) in [5.74, 6) is 1.75. The summed E-state index contributed by atoms with van der Waals surface area (Å²) >= 11 is 0. The number of nitrogens with one attached hydrogen (secondary N) is 2. The molecule has 4 N–H and O–H groups in total. The van der Waals surface area contributed by atoms with Gasteiger partial charge in [-0.1, -0.05) is 19.1 Å². The van der Waals surface area contributed by atoms with Crippen LogP contribution >= 0.6 is 0 Å². The lowest BCUT2D eigenvalue weighted by molar-refractivity contribution is -0.118. The smallest absolute Gasteiger partial charge is 0.259 e. The molecule has 3 aliphatic heterocycles. The summed E-state index contributed by atoms with van der Waals surface area (Å²) < 4.78 is 5.96. The molecule has 0 aromatic heterocycles. The molecular weight excluding hydrogens is 448 g/mol. The second kappa shape index (κ2) is 8.59. The lowest BCUT2D eigenvalue weighted by Crippen LogP contribution is -2.42. The zero-order chi connectivity index (χ0) is 24.4. The fourth-order valence-corrected chi connectivity index (χ4v) is 8.17. The Labute approximate surface area is 204 Å². The van der Waals surface area contributed by atoms with E-state index in [-0.39, 0.29) is 36.1 Å². The molecule has 3 saturated carbocycles. The fourth-order valence-electron chi connectivity index (χ4n) is 8.17. The van der Waals surface area contributed by atoms with Gasteiger partial charge in [-0.15, -0.1) is 0 Å². The SMILES string of the molecule is CC1C2OC2C2CC3C4C/C=C/C(=O)NCCC(O)C5NC(=O)/C(=C(\O)C=CC4CCC3C12)C5=O. The number of epoxide rings is 1.